The molecule has 0 saturated heterocycles. The van der Waals surface area contributed by atoms with E-state index in [0.717, 1.165) is 28.2 Å². The first-order valence-corrected chi connectivity index (χ1v) is 17.8. The standard InChI is InChI=1S/2C18H19N3O5S/c1-18(2,3)26-17(24)20-10-5-6-12-11(7-10)19-9-21(12)14-8-13(22)15(27-14)16(23)25-4;1-18(2,3)26-17(24)20-10-5-6-11-12(7-10)21(9-19-11)14-8-13(22)15(27-14)16(23)25-4/h2*5-9,22H,1-4H3,(H,20,24). The molecule has 18 heteroatoms. The molecule has 54 heavy (non-hydrogen) atoms. The van der Waals surface area contributed by atoms with Gasteiger partial charge in [-0.1, -0.05) is 0 Å². The lowest BCUT2D eigenvalue weighted by Gasteiger charge is -2.19. The van der Waals surface area contributed by atoms with E-state index in [9.17, 15) is 29.4 Å². The third-order valence-corrected chi connectivity index (χ3v) is 9.21. The number of amides is 2. The van der Waals surface area contributed by atoms with Gasteiger partial charge in [-0.3, -0.25) is 19.8 Å². The van der Waals surface area contributed by atoms with Crippen LogP contribution in [0, 0.1) is 0 Å². The number of aromatic hydroxyl groups is 2. The summed E-state index contributed by atoms with van der Waals surface area (Å²) in [4.78, 5) is 56.1. The molecule has 0 bridgehead atoms. The molecule has 2 aromatic carbocycles. The molecular formula is C36H38N6O10S2. The molecule has 4 aromatic heterocycles. The fourth-order valence-corrected chi connectivity index (χ4v) is 6.73. The first-order valence-electron chi connectivity index (χ1n) is 16.1. The average Bonchev–Trinajstić information content (AvgIpc) is 3.87. The number of nitrogens with one attached hydrogen (secondary N) is 2. The van der Waals surface area contributed by atoms with E-state index >= 15 is 0 Å². The Kier molecular flexibility index (Phi) is 11.2. The number of thiophene rings is 2. The van der Waals surface area contributed by atoms with Crippen LogP contribution in [0.2, 0.25) is 0 Å². The highest BCUT2D eigenvalue weighted by Crippen LogP contribution is 2.35. The van der Waals surface area contributed by atoms with Crippen molar-refractivity contribution >= 4 is 80.2 Å². The van der Waals surface area contributed by atoms with Crippen LogP contribution in [0.3, 0.4) is 0 Å². The van der Waals surface area contributed by atoms with Gasteiger partial charge in [0.2, 0.25) is 0 Å². The highest BCUT2D eigenvalue weighted by Gasteiger charge is 2.21. The number of imidazole rings is 2. The molecule has 0 atom stereocenters. The maximum Gasteiger partial charge on any atom is 0.412 e. The van der Waals surface area contributed by atoms with Crippen LogP contribution in [0.25, 0.3) is 32.1 Å². The third-order valence-electron chi connectivity index (χ3n) is 7.00. The zero-order chi connectivity index (χ0) is 39.5. The van der Waals surface area contributed by atoms with Crippen molar-refractivity contribution in [1.29, 1.82) is 0 Å². The van der Waals surface area contributed by atoms with E-state index in [4.69, 9.17) is 9.47 Å². The van der Waals surface area contributed by atoms with E-state index in [1.54, 1.807) is 99.7 Å². The molecule has 0 radical (unpaired) electrons. The van der Waals surface area contributed by atoms with Gasteiger partial charge in [0, 0.05) is 23.5 Å². The number of ether oxygens (including phenoxy) is 4. The Morgan fingerprint density at radius 3 is 1.56 bits per heavy atom. The van der Waals surface area contributed by atoms with Crippen molar-refractivity contribution in [3.63, 3.8) is 0 Å². The van der Waals surface area contributed by atoms with Crippen LogP contribution in [-0.4, -0.2) is 78.9 Å². The summed E-state index contributed by atoms with van der Waals surface area (Å²) in [6, 6.07) is 13.4. The predicted molar refractivity (Wildman–Crippen MR) is 204 cm³/mol. The van der Waals surface area contributed by atoms with Crippen molar-refractivity contribution in [2.24, 2.45) is 0 Å². The van der Waals surface area contributed by atoms with Gasteiger partial charge in [0.25, 0.3) is 0 Å². The topological polar surface area (TPSA) is 205 Å². The summed E-state index contributed by atoms with van der Waals surface area (Å²) in [5.41, 5.74) is 2.67. The number of fused-ring (bicyclic) bond motifs is 2. The predicted octanol–water partition coefficient (Wildman–Crippen LogP) is 7.85. The lowest BCUT2D eigenvalue weighted by atomic mass is 10.2. The molecule has 2 amide bonds. The molecule has 6 aromatic rings. The summed E-state index contributed by atoms with van der Waals surface area (Å²) in [6.45, 7) is 10.7. The molecule has 0 unspecified atom stereocenters. The smallest absolute Gasteiger partial charge is 0.412 e. The molecule has 4 heterocycles. The number of rotatable bonds is 6. The number of methoxy groups -OCH3 is 2. The Labute approximate surface area is 316 Å². The molecule has 4 N–H and O–H groups in total. The second-order valence-corrected chi connectivity index (χ2v) is 15.5. The molecule has 0 saturated carbocycles. The number of anilines is 2. The van der Waals surface area contributed by atoms with Gasteiger partial charge in [0.1, 0.15) is 45.4 Å². The summed E-state index contributed by atoms with van der Waals surface area (Å²) >= 11 is 2.17. The number of carbonyl (C=O) groups is 4. The van der Waals surface area contributed by atoms with Crippen molar-refractivity contribution in [2.45, 2.75) is 52.7 Å². The summed E-state index contributed by atoms with van der Waals surface area (Å²) in [7, 11) is 2.51. The second kappa shape index (κ2) is 15.5. The van der Waals surface area contributed by atoms with Crippen LogP contribution in [0.4, 0.5) is 21.0 Å². The van der Waals surface area contributed by atoms with Crippen molar-refractivity contribution in [3.8, 4) is 21.5 Å². The molecule has 16 nitrogen and oxygen atoms in total. The van der Waals surface area contributed by atoms with Gasteiger partial charge in [0.15, 0.2) is 9.75 Å². The first-order chi connectivity index (χ1) is 25.3. The van der Waals surface area contributed by atoms with Gasteiger partial charge in [-0.05, 0) is 77.9 Å². The molecular weight excluding hydrogens is 741 g/mol. The number of aromatic nitrogens is 4. The van der Waals surface area contributed by atoms with Crippen LogP contribution in [0.15, 0.2) is 61.2 Å². The fourth-order valence-electron chi connectivity index (χ4n) is 4.82. The number of nitrogens with zero attached hydrogens (tertiary/aromatic N) is 4. The SMILES string of the molecule is COC(=O)c1sc(-n2cnc3cc(NC(=O)OC(C)(C)C)ccc32)cc1O.COC(=O)c1sc(-n2cnc3ccc(NC(=O)OC(C)(C)C)cc32)cc1O. The van der Waals surface area contributed by atoms with Gasteiger partial charge in [-0.25, -0.2) is 29.1 Å². The quantitative estimate of drug-likeness (QED) is 0.0942. The van der Waals surface area contributed by atoms with Crippen LogP contribution in [0.5, 0.6) is 11.5 Å². The zero-order valence-corrected chi connectivity index (χ0v) is 32.2. The van der Waals surface area contributed by atoms with E-state index in [2.05, 4.69) is 30.1 Å². The second-order valence-electron chi connectivity index (χ2n) is 13.5. The van der Waals surface area contributed by atoms with Crippen molar-refractivity contribution < 1.29 is 48.3 Å². The lowest BCUT2D eigenvalue weighted by Crippen LogP contribution is -2.27. The monoisotopic (exact) mass is 778 g/mol. The van der Waals surface area contributed by atoms with Crippen molar-refractivity contribution in [2.75, 3.05) is 24.9 Å². The van der Waals surface area contributed by atoms with Crippen LogP contribution in [-0.2, 0) is 18.9 Å². The molecule has 0 spiro atoms. The van der Waals surface area contributed by atoms with Crippen LogP contribution in [0.1, 0.15) is 60.9 Å². The number of esters is 2. The van der Waals surface area contributed by atoms with Crippen molar-refractivity contribution in [1.82, 2.24) is 19.1 Å². The highest BCUT2D eigenvalue weighted by atomic mass is 32.1. The number of hydrogen-bond donors (Lipinski definition) is 4. The van der Waals surface area contributed by atoms with Gasteiger partial charge in [0.05, 0.1) is 36.3 Å². The molecule has 0 fully saturated rings. The van der Waals surface area contributed by atoms with E-state index in [-0.39, 0.29) is 21.3 Å². The van der Waals surface area contributed by atoms with Gasteiger partial charge < -0.3 is 29.2 Å². The lowest BCUT2D eigenvalue weighted by molar-refractivity contribution is 0.0594. The first kappa shape index (κ1) is 39.1. The fraction of sp³-hybridized carbons (Fsp3) is 0.278. The molecule has 0 aliphatic heterocycles. The molecule has 6 rings (SSSR count). The molecule has 284 valence electrons. The molecule has 0 aliphatic carbocycles. The van der Waals surface area contributed by atoms with E-state index in [1.165, 1.54) is 26.4 Å². The van der Waals surface area contributed by atoms with E-state index in [1.807, 2.05) is 0 Å². The minimum atomic E-state index is -0.611. The van der Waals surface area contributed by atoms with Crippen LogP contribution < -0.4 is 10.6 Å². The average molecular weight is 779 g/mol. The van der Waals surface area contributed by atoms with Gasteiger partial charge >= 0.3 is 24.1 Å². The third kappa shape index (κ3) is 9.25. The highest BCUT2D eigenvalue weighted by molar-refractivity contribution is 7.17. The number of carbonyl (C=O) groups excluding carboxylic acids is 4. The van der Waals surface area contributed by atoms with E-state index < -0.39 is 35.3 Å². The maximum atomic E-state index is 12.0. The summed E-state index contributed by atoms with van der Waals surface area (Å²) in [5.74, 6) is -1.52. The number of hydrogen-bond acceptors (Lipinski definition) is 14. The minimum Gasteiger partial charge on any atom is -0.506 e. The maximum absolute atomic E-state index is 12.0. The van der Waals surface area contributed by atoms with Gasteiger partial charge in [-0.2, -0.15) is 0 Å². The minimum absolute atomic E-state index is 0.109. The summed E-state index contributed by atoms with van der Waals surface area (Å²) in [6.07, 6.45) is 2.05. The van der Waals surface area contributed by atoms with Crippen LogP contribution >= 0.6 is 22.7 Å². The molecule has 0 aliphatic rings. The number of benzene rings is 2. The zero-order valence-electron chi connectivity index (χ0n) is 30.5. The Bertz CT molecular complexity index is 2360. The van der Waals surface area contributed by atoms with Crippen molar-refractivity contribution in [3.05, 3.63) is 70.9 Å². The van der Waals surface area contributed by atoms with E-state index in [0.29, 0.717) is 37.9 Å². The Morgan fingerprint density at radius 2 is 1.07 bits per heavy atom. The Hall–Kier alpha value is -6.14. The Balaban J connectivity index is 0.000000208. The van der Waals surface area contributed by atoms with Gasteiger partial charge in [-0.15, -0.1) is 22.7 Å². The normalized spacial score (nSPS) is 11.4. The Morgan fingerprint density at radius 1 is 0.630 bits per heavy atom. The summed E-state index contributed by atoms with van der Waals surface area (Å²) in [5, 5.41) is 26.5. The largest absolute Gasteiger partial charge is 0.506 e. The summed E-state index contributed by atoms with van der Waals surface area (Å²) < 4.78 is 23.3.